The molecule has 0 aromatic heterocycles. The van der Waals surface area contributed by atoms with Crippen LogP contribution in [0.2, 0.25) is 0 Å². The van der Waals surface area contributed by atoms with Crippen molar-refractivity contribution in [3.8, 4) is 0 Å². The zero-order chi connectivity index (χ0) is 16.0. The van der Waals surface area contributed by atoms with Crippen LogP contribution < -0.4 is 0 Å². The molecule has 0 aromatic rings. The van der Waals surface area contributed by atoms with Crippen LogP contribution in [0.4, 0.5) is 13.2 Å². The predicted molar refractivity (Wildman–Crippen MR) is 81.6 cm³/mol. The highest BCUT2D eigenvalue weighted by Gasteiger charge is 2.25. The minimum atomic E-state index is -4.02. The molecule has 0 bridgehead atoms. The lowest BCUT2D eigenvalue weighted by molar-refractivity contribution is -0.143. The second kappa shape index (κ2) is 13.3. The van der Waals surface area contributed by atoms with Crippen molar-refractivity contribution < 1.29 is 22.7 Å². The summed E-state index contributed by atoms with van der Waals surface area (Å²) in [5, 5.41) is 0. The van der Waals surface area contributed by atoms with E-state index in [9.17, 15) is 18.0 Å². The van der Waals surface area contributed by atoms with Gasteiger partial charge in [0, 0.05) is 18.6 Å². The van der Waals surface area contributed by atoms with Crippen LogP contribution in [-0.2, 0) is 9.53 Å². The van der Waals surface area contributed by atoms with Crippen LogP contribution in [-0.4, -0.2) is 30.3 Å². The average Bonchev–Trinajstić information content (AvgIpc) is 2.40. The van der Waals surface area contributed by atoms with Gasteiger partial charge in [-0.05, 0) is 25.0 Å². The Morgan fingerprint density at radius 1 is 1.00 bits per heavy atom. The zero-order valence-electron chi connectivity index (χ0n) is 12.8. The van der Waals surface area contributed by atoms with Crippen LogP contribution in [0.3, 0.4) is 0 Å². The molecule has 21 heavy (non-hydrogen) atoms. The molecule has 0 N–H and O–H groups in total. The largest absolute Gasteiger partial charge is 0.465 e. The van der Waals surface area contributed by atoms with Crippen LogP contribution in [0, 0.1) is 0 Å². The first-order valence-electron chi connectivity index (χ1n) is 7.76. The van der Waals surface area contributed by atoms with Gasteiger partial charge in [-0.25, -0.2) is 0 Å². The molecule has 0 aromatic carbocycles. The van der Waals surface area contributed by atoms with Gasteiger partial charge in [-0.1, -0.05) is 32.6 Å². The van der Waals surface area contributed by atoms with E-state index >= 15 is 0 Å². The summed E-state index contributed by atoms with van der Waals surface area (Å²) in [5.41, 5.74) is 0. The Balaban J connectivity index is 3.17. The Bertz CT molecular complexity index is 258. The van der Waals surface area contributed by atoms with Gasteiger partial charge in [0.05, 0.1) is 0 Å². The van der Waals surface area contributed by atoms with E-state index in [4.69, 9.17) is 4.74 Å². The third-order valence-corrected chi connectivity index (χ3v) is 4.01. The SMILES string of the molecule is CCCCCC(=O)OCCSCCCCCCC(F)(F)F. The first kappa shape index (κ1) is 20.6. The zero-order valence-corrected chi connectivity index (χ0v) is 13.7. The molecule has 0 amide bonds. The highest BCUT2D eigenvalue weighted by atomic mass is 32.2. The topological polar surface area (TPSA) is 26.3 Å². The monoisotopic (exact) mass is 328 g/mol. The Kier molecular flexibility index (Phi) is 13.0. The molecular weight excluding hydrogens is 301 g/mol. The number of rotatable bonds is 13. The summed E-state index contributed by atoms with van der Waals surface area (Å²) in [6.07, 6.45) is 1.45. The van der Waals surface area contributed by atoms with Crippen molar-refractivity contribution in [3.05, 3.63) is 0 Å². The van der Waals surface area contributed by atoms with E-state index in [0.29, 0.717) is 19.4 Å². The van der Waals surface area contributed by atoms with Crippen LogP contribution in [0.5, 0.6) is 0 Å². The number of unbranched alkanes of at least 4 members (excludes halogenated alkanes) is 5. The number of thioether (sulfide) groups is 1. The number of hydrogen-bond donors (Lipinski definition) is 0. The average molecular weight is 328 g/mol. The third kappa shape index (κ3) is 17.6. The molecule has 0 unspecified atom stereocenters. The first-order chi connectivity index (χ1) is 9.95. The fraction of sp³-hybridized carbons (Fsp3) is 0.933. The number of carbonyl (C=O) groups is 1. The maximum Gasteiger partial charge on any atom is 0.389 e. The van der Waals surface area contributed by atoms with Gasteiger partial charge < -0.3 is 4.74 Å². The number of halogens is 3. The number of ether oxygens (including phenoxy) is 1. The predicted octanol–water partition coefficient (Wildman–Crippen LogP) is 5.36. The summed E-state index contributed by atoms with van der Waals surface area (Å²) < 4.78 is 40.8. The van der Waals surface area contributed by atoms with Crippen molar-refractivity contribution in [2.24, 2.45) is 0 Å². The molecule has 0 saturated carbocycles. The lowest BCUT2D eigenvalue weighted by Gasteiger charge is -2.06. The first-order valence-corrected chi connectivity index (χ1v) is 8.91. The van der Waals surface area contributed by atoms with E-state index in [1.807, 2.05) is 0 Å². The second-order valence-electron chi connectivity index (χ2n) is 5.07. The molecule has 0 aliphatic carbocycles. The van der Waals surface area contributed by atoms with Gasteiger partial charge in [0.15, 0.2) is 0 Å². The highest BCUT2D eigenvalue weighted by molar-refractivity contribution is 7.99. The molecule has 0 rings (SSSR count). The molecule has 0 atom stereocenters. The number of hydrogen-bond acceptors (Lipinski definition) is 3. The lowest BCUT2D eigenvalue weighted by Crippen LogP contribution is -2.07. The van der Waals surface area contributed by atoms with Crippen molar-refractivity contribution in [1.82, 2.24) is 0 Å². The standard InChI is InChI=1S/C15H27F3O2S/c1-2-3-6-9-14(19)20-11-13-21-12-8-5-4-7-10-15(16,17)18/h2-13H2,1H3. The van der Waals surface area contributed by atoms with Crippen LogP contribution in [0.25, 0.3) is 0 Å². The smallest absolute Gasteiger partial charge is 0.389 e. The van der Waals surface area contributed by atoms with Crippen molar-refractivity contribution in [1.29, 1.82) is 0 Å². The highest BCUT2D eigenvalue weighted by Crippen LogP contribution is 2.23. The Morgan fingerprint density at radius 3 is 2.38 bits per heavy atom. The van der Waals surface area contributed by atoms with Gasteiger partial charge in [0.25, 0.3) is 0 Å². The summed E-state index contributed by atoms with van der Waals surface area (Å²) in [5.74, 6) is 1.55. The van der Waals surface area contributed by atoms with Crippen molar-refractivity contribution in [3.63, 3.8) is 0 Å². The minimum absolute atomic E-state index is 0.129. The summed E-state index contributed by atoms with van der Waals surface area (Å²) in [7, 11) is 0. The Labute approximate surface area is 130 Å². The molecule has 0 heterocycles. The van der Waals surface area contributed by atoms with Crippen LogP contribution >= 0.6 is 11.8 Å². The lowest BCUT2D eigenvalue weighted by atomic mass is 10.1. The molecule has 0 aliphatic rings. The van der Waals surface area contributed by atoms with E-state index in [-0.39, 0.29) is 12.4 Å². The summed E-state index contributed by atoms with van der Waals surface area (Å²) in [6.45, 7) is 2.52. The van der Waals surface area contributed by atoms with Crippen molar-refractivity contribution >= 4 is 17.7 Å². The van der Waals surface area contributed by atoms with Gasteiger partial charge in [0.1, 0.15) is 6.61 Å². The van der Waals surface area contributed by atoms with Gasteiger partial charge in [-0.2, -0.15) is 24.9 Å². The molecule has 6 heteroatoms. The summed E-state index contributed by atoms with van der Waals surface area (Å²) in [4.78, 5) is 11.3. The molecule has 0 saturated heterocycles. The van der Waals surface area contributed by atoms with E-state index in [0.717, 1.165) is 43.6 Å². The molecule has 0 radical (unpaired) electrons. The molecule has 2 nitrogen and oxygen atoms in total. The summed E-state index contributed by atoms with van der Waals surface area (Å²) in [6, 6.07) is 0. The van der Waals surface area contributed by atoms with Gasteiger partial charge in [-0.3, -0.25) is 4.79 Å². The third-order valence-electron chi connectivity index (χ3n) is 2.97. The van der Waals surface area contributed by atoms with Gasteiger partial charge >= 0.3 is 12.1 Å². The number of esters is 1. The van der Waals surface area contributed by atoms with E-state index in [2.05, 4.69) is 6.92 Å². The number of alkyl halides is 3. The normalized spacial score (nSPS) is 11.6. The molecular formula is C15H27F3O2S. The van der Waals surface area contributed by atoms with Gasteiger partial charge in [0.2, 0.25) is 0 Å². The molecule has 0 fully saturated rings. The van der Waals surface area contributed by atoms with Crippen LogP contribution in [0.15, 0.2) is 0 Å². The van der Waals surface area contributed by atoms with Gasteiger partial charge in [-0.15, -0.1) is 0 Å². The molecule has 126 valence electrons. The molecule has 0 aliphatic heterocycles. The fourth-order valence-electron chi connectivity index (χ4n) is 1.79. The maximum atomic E-state index is 11.9. The summed E-state index contributed by atoms with van der Waals surface area (Å²) >= 11 is 1.69. The molecule has 0 spiro atoms. The van der Waals surface area contributed by atoms with Crippen molar-refractivity contribution in [2.75, 3.05) is 18.1 Å². The number of carbonyl (C=O) groups excluding carboxylic acids is 1. The fourth-order valence-corrected chi connectivity index (χ4v) is 2.60. The van der Waals surface area contributed by atoms with Crippen LogP contribution in [0.1, 0.15) is 64.7 Å². The van der Waals surface area contributed by atoms with Crippen molar-refractivity contribution in [2.45, 2.75) is 70.9 Å². The Morgan fingerprint density at radius 2 is 1.71 bits per heavy atom. The maximum absolute atomic E-state index is 11.9. The van der Waals surface area contributed by atoms with E-state index < -0.39 is 12.6 Å². The second-order valence-corrected chi connectivity index (χ2v) is 6.29. The minimum Gasteiger partial charge on any atom is -0.465 e. The quantitative estimate of drug-likeness (QED) is 0.336. The Hall–Kier alpha value is -0.390. The van der Waals surface area contributed by atoms with E-state index in [1.165, 1.54) is 0 Å². The van der Waals surface area contributed by atoms with E-state index in [1.54, 1.807) is 11.8 Å².